The predicted octanol–water partition coefficient (Wildman–Crippen LogP) is 2.36. The highest BCUT2D eigenvalue weighted by atomic mass is 32.2. The summed E-state index contributed by atoms with van der Waals surface area (Å²) in [5.41, 5.74) is 1.72. The number of nitrogen functional groups attached to an aromatic ring is 2. The van der Waals surface area contributed by atoms with E-state index >= 15 is 0 Å². The molecule has 2 aromatic carbocycles. The summed E-state index contributed by atoms with van der Waals surface area (Å²) in [7, 11) is 0. The standard InChI is InChI=1S/C16H14N8OS2/c17-23-13(11-7-3-1-4-8-11)19-21-15(23)26-25-27-16-22-20-14(24(16)18)12-9-5-2-6-10-12/h1-10H,17-18H2. The summed E-state index contributed by atoms with van der Waals surface area (Å²) in [6.45, 7) is 0. The quantitative estimate of drug-likeness (QED) is 0.372. The van der Waals surface area contributed by atoms with Gasteiger partial charge in [-0.25, -0.2) is 13.0 Å². The summed E-state index contributed by atoms with van der Waals surface area (Å²) in [5, 5.41) is 17.1. The zero-order valence-electron chi connectivity index (χ0n) is 13.8. The van der Waals surface area contributed by atoms with Crippen molar-refractivity contribution < 1.29 is 3.63 Å². The first-order valence-corrected chi connectivity index (χ1v) is 9.25. The minimum Gasteiger partial charge on any atom is -0.335 e. The number of nitrogens with two attached hydrogens (primary N) is 2. The molecule has 0 amide bonds. The van der Waals surface area contributed by atoms with Gasteiger partial charge in [0.15, 0.2) is 11.6 Å². The Hall–Kier alpha value is -3.02. The normalized spacial score (nSPS) is 11.0. The van der Waals surface area contributed by atoms with Gasteiger partial charge in [0.2, 0.25) is 10.3 Å². The summed E-state index contributed by atoms with van der Waals surface area (Å²) >= 11 is 1.92. The number of hydrogen-bond acceptors (Lipinski definition) is 9. The Bertz CT molecular complexity index is 952. The lowest BCUT2D eigenvalue weighted by Crippen LogP contribution is -2.12. The van der Waals surface area contributed by atoms with Crippen molar-refractivity contribution in [3.8, 4) is 22.8 Å². The maximum Gasteiger partial charge on any atom is 0.238 e. The lowest BCUT2D eigenvalue weighted by Gasteiger charge is -2.04. The Morgan fingerprint density at radius 2 is 1.04 bits per heavy atom. The Morgan fingerprint density at radius 3 is 1.44 bits per heavy atom. The van der Waals surface area contributed by atoms with E-state index in [1.807, 2.05) is 60.7 Å². The number of hydrogen-bond donors (Lipinski definition) is 2. The van der Waals surface area contributed by atoms with E-state index in [4.69, 9.17) is 15.3 Å². The monoisotopic (exact) mass is 398 g/mol. The minimum atomic E-state index is 0.396. The second kappa shape index (κ2) is 7.70. The molecule has 2 heterocycles. The van der Waals surface area contributed by atoms with Gasteiger partial charge in [-0.2, -0.15) is 0 Å². The molecule has 9 nitrogen and oxygen atoms in total. The summed E-state index contributed by atoms with van der Waals surface area (Å²) in [6, 6.07) is 19.1. The first kappa shape index (κ1) is 17.4. The van der Waals surface area contributed by atoms with Gasteiger partial charge >= 0.3 is 0 Å². The number of aromatic nitrogens is 6. The van der Waals surface area contributed by atoms with Crippen molar-refractivity contribution in [1.82, 2.24) is 29.7 Å². The molecule has 27 heavy (non-hydrogen) atoms. The molecule has 0 unspecified atom stereocenters. The van der Waals surface area contributed by atoms with Crippen LogP contribution in [-0.2, 0) is 3.63 Å². The van der Waals surface area contributed by atoms with Crippen LogP contribution < -0.4 is 11.7 Å². The van der Waals surface area contributed by atoms with Gasteiger partial charge in [-0.05, 0) is 0 Å². The molecular weight excluding hydrogens is 384 g/mol. The molecule has 4 aromatic rings. The van der Waals surface area contributed by atoms with Crippen molar-refractivity contribution in [2.45, 2.75) is 10.3 Å². The van der Waals surface area contributed by atoms with Gasteiger partial charge in [-0.15, -0.1) is 20.4 Å². The maximum absolute atomic E-state index is 6.05. The first-order chi connectivity index (χ1) is 13.2. The Kier molecular flexibility index (Phi) is 4.96. The van der Waals surface area contributed by atoms with Gasteiger partial charge in [-0.3, -0.25) is 0 Å². The fourth-order valence-electron chi connectivity index (χ4n) is 2.31. The first-order valence-electron chi connectivity index (χ1n) is 7.77. The molecule has 0 bridgehead atoms. The smallest absolute Gasteiger partial charge is 0.238 e. The van der Waals surface area contributed by atoms with Crippen LogP contribution in [0.4, 0.5) is 0 Å². The lowest BCUT2D eigenvalue weighted by molar-refractivity contribution is 0.706. The summed E-state index contributed by atoms with van der Waals surface area (Å²) in [6.07, 6.45) is 0. The van der Waals surface area contributed by atoms with Crippen LogP contribution >= 0.6 is 24.1 Å². The summed E-state index contributed by atoms with van der Waals surface area (Å²) in [4.78, 5) is 0. The molecule has 136 valence electrons. The molecule has 0 atom stereocenters. The van der Waals surface area contributed by atoms with Crippen LogP contribution in [0.2, 0.25) is 0 Å². The van der Waals surface area contributed by atoms with Crippen LogP contribution in [0.1, 0.15) is 0 Å². The second-order valence-electron chi connectivity index (χ2n) is 5.32. The van der Waals surface area contributed by atoms with Gasteiger partial charge in [0.25, 0.3) is 0 Å². The third-order valence-electron chi connectivity index (χ3n) is 3.61. The second-order valence-corrected chi connectivity index (χ2v) is 6.93. The van der Waals surface area contributed by atoms with Crippen molar-refractivity contribution in [2.24, 2.45) is 0 Å². The zero-order valence-corrected chi connectivity index (χ0v) is 15.5. The van der Waals surface area contributed by atoms with Crippen molar-refractivity contribution >= 4 is 24.1 Å². The van der Waals surface area contributed by atoms with Crippen molar-refractivity contribution in [3.63, 3.8) is 0 Å². The maximum atomic E-state index is 6.05. The molecule has 0 fully saturated rings. The van der Waals surface area contributed by atoms with Gasteiger partial charge in [-0.1, -0.05) is 60.7 Å². The summed E-state index contributed by atoms with van der Waals surface area (Å²) in [5.74, 6) is 13.2. The molecule has 0 radical (unpaired) electrons. The van der Waals surface area contributed by atoms with Gasteiger partial charge in [0.1, 0.15) is 0 Å². The van der Waals surface area contributed by atoms with Gasteiger partial charge < -0.3 is 11.7 Å². The van der Waals surface area contributed by atoms with Gasteiger partial charge in [0, 0.05) is 11.1 Å². The molecule has 2 aromatic heterocycles. The van der Waals surface area contributed by atoms with Gasteiger partial charge in [0.05, 0.1) is 24.1 Å². The van der Waals surface area contributed by atoms with E-state index < -0.39 is 0 Å². The summed E-state index contributed by atoms with van der Waals surface area (Å²) < 4.78 is 8.22. The molecule has 4 rings (SSSR count). The number of benzene rings is 2. The molecule has 11 heteroatoms. The molecule has 0 spiro atoms. The van der Waals surface area contributed by atoms with Crippen molar-refractivity contribution in [1.29, 1.82) is 0 Å². The minimum absolute atomic E-state index is 0.396. The molecule has 0 saturated heterocycles. The van der Waals surface area contributed by atoms with E-state index in [1.165, 1.54) is 9.35 Å². The van der Waals surface area contributed by atoms with E-state index in [-0.39, 0.29) is 0 Å². The predicted molar refractivity (Wildman–Crippen MR) is 104 cm³/mol. The van der Waals surface area contributed by atoms with E-state index in [0.29, 0.717) is 22.0 Å². The largest absolute Gasteiger partial charge is 0.335 e. The topological polar surface area (TPSA) is 123 Å². The fraction of sp³-hybridized carbons (Fsp3) is 0. The van der Waals surface area contributed by atoms with E-state index in [9.17, 15) is 0 Å². The highest BCUT2D eigenvalue weighted by Gasteiger charge is 2.16. The average molecular weight is 398 g/mol. The third-order valence-corrected chi connectivity index (χ3v) is 5.01. The average Bonchev–Trinajstić information content (AvgIpc) is 3.26. The Morgan fingerprint density at radius 1 is 0.630 bits per heavy atom. The molecule has 4 N–H and O–H groups in total. The van der Waals surface area contributed by atoms with E-state index in [1.54, 1.807) is 0 Å². The lowest BCUT2D eigenvalue weighted by atomic mass is 10.2. The molecule has 0 aliphatic carbocycles. The van der Waals surface area contributed by atoms with Crippen LogP contribution in [0.5, 0.6) is 0 Å². The Labute approximate surface area is 163 Å². The molecular formula is C16H14N8OS2. The number of rotatable bonds is 6. The fourth-order valence-corrected chi connectivity index (χ4v) is 3.42. The van der Waals surface area contributed by atoms with E-state index in [0.717, 1.165) is 35.2 Å². The molecule has 0 aliphatic heterocycles. The van der Waals surface area contributed by atoms with Crippen LogP contribution in [0.3, 0.4) is 0 Å². The molecule has 0 saturated carbocycles. The SMILES string of the molecule is Nn1c(SOSc2nnc(-c3ccccc3)n2N)nnc1-c1ccccc1. The van der Waals surface area contributed by atoms with Crippen LogP contribution in [-0.4, -0.2) is 29.7 Å². The van der Waals surface area contributed by atoms with Crippen LogP contribution in [0, 0.1) is 0 Å². The third kappa shape index (κ3) is 3.60. The highest BCUT2D eigenvalue weighted by molar-refractivity contribution is 8.07. The van der Waals surface area contributed by atoms with E-state index in [2.05, 4.69) is 20.4 Å². The van der Waals surface area contributed by atoms with Crippen molar-refractivity contribution in [2.75, 3.05) is 11.7 Å². The zero-order chi connectivity index (χ0) is 18.6. The molecule has 0 aliphatic rings. The highest BCUT2D eigenvalue weighted by Crippen LogP contribution is 2.29. The van der Waals surface area contributed by atoms with Crippen molar-refractivity contribution in [3.05, 3.63) is 60.7 Å². The number of nitrogens with zero attached hydrogens (tertiary/aromatic N) is 6. The van der Waals surface area contributed by atoms with Crippen LogP contribution in [0.25, 0.3) is 22.8 Å². The Balaban J connectivity index is 1.43. The van der Waals surface area contributed by atoms with Crippen LogP contribution in [0.15, 0.2) is 71.0 Å².